The molecule has 3 rings (SSSR count). The van der Waals surface area contributed by atoms with Gasteiger partial charge in [0.05, 0.1) is 23.1 Å². The molecular weight excluding hydrogens is 246 g/mol. The van der Waals surface area contributed by atoms with Crippen molar-refractivity contribution in [1.29, 1.82) is 0 Å². The van der Waals surface area contributed by atoms with Crippen LogP contribution in [0.25, 0.3) is 11.0 Å². The molecule has 2 aromatic rings. The highest BCUT2D eigenvalue weighted by molar-refractivity contribution is 5.72. The van der Waals surface area contributed by atoms with Crippen molar-refractivity contribution in [3.05, 3.63) is 29.8 Å². The summed E-state index contributed by atoms with van der Waals surface area (Å²) < 4.78 is 0. The van der Waals surface area contributed by atoms with E-state index >= 15 is 0 Å². The smallest absolute Gasteiger partial charge is 0.107 e. The minimum Gasteiger partial charge on any atom is -0.262 e. The van der Waals surface area contributed by atoms with E-state index in [-0.39, 0.29) is 0 Å². The third-order valence-electron chi connectivity index (χ3n) is 4.20. The number of aromatic nitrogens is 3. The Balaban J connectivity index is 1.87. The second-order valence-electron chi connectivity index (χ2n) is 5.81. The van der Waals surface area contributed by atoms with Gasteiger partial charge >= 0.3 is 0 Å². The van der Waals surface area contributed by atoms with E-state index in [0.29, 0.717) is 0 Å². The highest BCUT2D eigenvalue weighted by Crippen LogP contribution is 2.19. The number of hydrogen-bond acceptors (Lipinski definition) is 3. The van der Waals surface area contributed by atoms with Gasteiger partial charge in [0.2, 0.25) is 0 Å². The average molecular weight is 269 g/mol. The van der Waals surface area contributed by atoms with Crippen molar-refractivity contribution in [3.63, 3.8) is 0 Å². The summed E-state index contributed by atoms with van der Waals surface area (Å²) in [4.78, 5) is 13.8. The first-order chi connectivity index (χ1) is 9.93. The predicted octanol–water partition coefficient (Wildman–Crippen LogP) is 4.24. The molecule has 0 saturated carbocycles. The number of pyridine rings is 1. The summed E-state index contributed by atoms with van der Waals surface area (Å²) in [5.41, 5.74) is 4.37. The highest BCUT2D eigenvalue weighted by Gasteiger charge is 2.09. The van der Waals surface area contributed by atoms with Gasteiger partial charge in [-0.25, -0.2) is 9.97 Å². The maximum Gasteiger partial charge on any atom is 0.107 e. The second kappa shape index (κ2) is 6.78. The van der Waals surface area contributed by atoms with Crippen LogP contribution in [-0.4, -0.2) is 15.0 Å². The van der Waals surface area contributed by atoms with Crippen LogP contribution in [0.5, 0.6) is 0 Å². The molecule has 0 aromatic carbocycles. The predicted molar refractivity (Wildman–Crippen MR) is 81.7 cm³/mol. The number of nitrogens with zero attached hydrogens (tertiary/aromatic N) is 3. The molecule has 1 aliphatic carbocycles. The van der Waals surface area contributed by atoms with Gasteiger partial charge in [0.25, 0.3) is 0 Å². The van der Waals surface area contributed by atoms with E-state index in [4.69, 9.17) is 9.97 Å². The van der Waals surface area contributed by atoms with Crippen molar-refractivity contribution in [3.8, 4) is 0 Å². The summed E-state index contributed by atoms with van der Waals surface area (Å²) in [6.07, 6.45) is 16.5. The van der Waals surface area contributed by atoms with Gasteiger partial charge in [-0.2, -0.15) is 0 Å². The van der Waals surface area contributed by atoms with Crippen LogP contribution < -0.4 is 0 Å². The minimum absolute atomic E-state index is 0.943. The third-order valence-corrected chi connectivity index (χ3v) is 4.20. The lowest BCUT2D eigenvalue weighted by atomic mass is 10.0. The zero-order chi connectivity index (χ0) is 13.6. The van der Waals surface area contributed by atoms with Crippen molar-refractivity contribution < 1.29 is 0 Å². The zero-order valence-electron chi connectivity index (χ0n) is 12.1. The molecule has 20 heavy (non-hydrogen) atoms. The molecule has 0 N–H and O–H groups in total. The van der Waals surface area contributed by atoms with Crippen LogP contribution in [0.4, 0.5) is 0 Å². The first kappa shape index (κ1) is 13.5. The molecule has 3 heteroatoms. The van der Waals surface area contributed by atoms with E-state index < -0.39 is 0 Å². The molecule has 3 nitrogen and oxygen atoms in total. The molecule has 0 spiro atoms. The first-order valence-electron chi connectivity index (χ1n) is 8.03. The first-order valence-corrected chi connectivity index (χ1v) is 8.03. The van der Waals surface area contributed by atoms with Crippen LogP contribution in [0.15, 0.2) is 18.5 Å². The van der Waals surface area contributed by atoms with Crippen molar-refractivity contribution in [2.75, 3.05) is 0 Å². The third kappa shape index (κ3) is 3.33. The molecule has 2 aromatic heterocycles. The summed E-state index contributed by atoms with van der Waals surface area (Å²) in [5.74, 6) is 0. The number of fused-ring (bicyclic) bond motifs is 2. The van der Waals surface area contributed by atoms with Gasteiger partial charge in [0.1, 0.15) is 5.52 Å². The molecule has 0 amide bonds. The van der Waals surface area contributed by atoms with Gasteiger partial charge < -0.3 is 0 Å². The Bertz CT molecular complexity index is 515. The Kier molecular flexibility index (Phi) is 4.57. The largest absolute Gasteiger partial charge is 0.262 e. The van der Waals surface area contributed by atoms with Gasteiger partial charge in [-0.15, -0.1) is 0 Å². The van der Waals surface area contributed by atoms with Crippen LogP contribution in [0.2, 0.25) is 0 Å². The topological polar surface area (TPSA) is 38.7 Å². The number of rotatable bonds is 0. The Labute approximate surface area is 120 Å². The lowest BCUT2D eigenvalue weighted by molar-refractivity contribution is 0.555. The molecule has 0 atom stereocenters. The second-order valence-corrected chi connectivity index (χ2v) is 5.81. The molecule has 0 saturated heterocycles. The molecule has 0 radical (unpaired) electrons. The van der Waals surface area contributed by atoms with Crippen molar-refractivity contribution in [2.45, 2.75) is 64.2 Å². The highest BCUT2D eigenvalue weighted by atomic mass is 14.8. The Hall–Kier alpha value is -1.51. The number of aryl methyl sites for hydroxylation is 2. The Morgan fingerprint density at radius 3 is 1.85 bits per heavy atom. The van der Waals surface area contributed by atoms with Crippen LogP contribution in [-0.2, 0) is 12.8 Å². The normalized spacial score (nSPS) is 18.0. The standard InChI is InChI=1S/C17H23N3/c1-2-4-6-8-10-15-14(9-7-5-3-1)19-16-11-12-18-13-17(16)20-15/h11-13H,1-10H2. The molecular formula is C17H23N3. The SMILES string of the molecule is c1cc2nc3c(nc2cn1)CCCCCCCCCC3. The van der Waals surface area contributed by atoms with Gasteiger partial charge in [0, 0.05) is 6.20 Å². The van der Waals surface area contributed by atoms with E-state index in [9.17, 15) is 0 Å². The van der Waals surface area contributed by atoms with Crippen LogP contribution in [0.3, 0.4) is 0 Å². The fourth-order valence-electron chi connectivity index (χ4n) is 3.03. The quantitative estimate of drug-likeness (QED) is 0.718. The van der Waals surface area contributed by atoms with Crippen molar-refractivity contribution in [1.82, 2.24) is 15.0 Å². The fraction of sp³-hybridized carbons (Fsp3) is 0.588. The monoisotopic (exact) mass is 269 g/mol. The molecule has 0 unspecified atom stereocenters. The lowest BCUT2D eigenvalue weighted by Crippen LogP contribution is -2.04. The van der Waals surface area contributed by atoms with Gasteiger partial charge in [-0.1, -0.05) is 38.5 Å². The van der Waals surface area contributed by atoms with Crippen LogP contribution in [0, 0.1) is 0 Å². The van der Waals surface area contributed by atoms with Gasteiger partial charge in [-0.3, -0.25) is 4.98 Å². The van der Waals surface area contributed by atoms with Crippen LogP contribution in [0.1, 0.15) is 62.8 Å². The molecule has 0 fully saturated rings. The summed E-state index contributed by atoms with van der Waals surface area (Å²) in [5, 5.41) is 0. The maximum absolute atomic E-state index is 4.84. The molecule has 0 bridgehead atoms. The zero-order valence-corrected chi connectivity index (χ0v) is 12.1. The van der Waals surface area contributed by atoms with E-state index in [1.54, 1.807) is 6.20 Å². The van der Waals surface area contributed by atoms with Gasteiger partial charge in [0.15, 0.2) is 0 Å². The Morgan fingerprint density at radius 1 is 0.650 bits per heavy atom. The van der Waals surface area contributed by atoms with E-state index in [1.165, 1.54) is 62.8 Å². The summed E-state index contributed by atoms with van der Waals surface area (Å²) >= 11 is 0. The molecule has 1 aliphatic rings. The summed E-state index contributed by atoms with van der Waals surface area (Å²) in [6, 6.07) is 1.97. The fourth-order valence-corrected chi connectivity index (χ4v) is 3.03. The van der Waals surface area contributed by atoms with E-state index in [2.05, 4.69) is 4.98 Å². The summed E-state index contributed by atoms with van der Waals surface area (Å²) in [6.45, 7) is 0. The molecule has 0 aliphatic heterocycles. The minimum atomic E-state index is 0.943. The van der Waals surface area contributed by atoms with E-state index in [1.807, 2.05) is 12.3 Å². The van der Waals surface area contributed by atoms with Crippen LogP contribution >= 0.6 is 0 Å². The number of hydrogen-bond donors (Lipinski definition) is 0. The maximum atomic E-state index is 4.84. The lowest BCUT2D eigenvalue weighted by Gasteiger charge is -2.11. The average Bonchev–Trinajstić information content (AvgIpc) is 2.47. The summed E-state index contributed by atoms with van der Waals surface area (Å²) in [7, 11) is 0. The van der Waals surface area contributed by atoms with E-state index in [0.717, 1.165) is 23.9 Å². The Morgan fingerprint density at radius 2 is 1.20 bits per heavy atom. The molecule has 2 heterocycles. The van der Waals surface area contributed by atoms with Crippen molar-refractivity contribution >= 4 is 11.0 Å². The molecule has 106 valence electrons. The van der Waals surface area contributed by atoms with Crippen molar-refractivity contribution in [2.24, 2.45) is 0 Å². The van der Waals surface area contributed by atoms with Gasteiger partial charge in [-0.05, 0) is 31.7 Å².